The standard InChI is InChI=1S/C27H26F4N7O/c1-39-18-8-6-16(7-9-18)14-32-22-13-23(37-11-10-17(28)15-37)35-24-12-21(36-38(22)24)25-26(27(29,30)31)34-20-5-3-2-4-19(20)33-25/h2-5,12-13,16-18H,6-11,15H2,1H3/q+1/t16?,17-,18?/m1/s1. The van der Waals surface area contributed by atoms with Crippen molar-refractivity contribution in [3.05, 3.63) is 46.9 Å². The molecule has 1 aliphatic carbocycles. The molecule has 0 radical (unpaired) electrons. The van der Waals surface area contributed by atoms with E-state index in [9.17, 15) is 17.6 Å². The Morgan fingerprint density at radius 3 is 2.41 bits per heavy atom. The maximum atomic E-state index is 14.0. The van der Waals surface area contributed by atoms with E-state index in [-0.39, 0.29) is 35.4 Å². The second-order valence-corrected chi connectivity index (χ2v) is 9.96. The van der Waals surface area contributed by atoms with Gasteiger partial charge in [-0.25, -0.2) is 14.4 Å². The maximum Gasteiger partial charge on any atom is 0.435 e. The molecule has 0 bridgehead atoms. The van der Waals surface area contributed by atoms with Gasteiger partial charge in [0.05, 0.1) is 35.7 Å². The maximum absolute atomic E-state index is 14.0. The molecule has 39 heavy (non-hydrogen) atoms. The monoisotopic (exact) mass is 540 g/mol. The first-order chi connectivity index (χ1) is 18.8. The molecule has 6 rings (SSSR count). The molecule has 0 spiro atoms. The van der Waals surface area contributed by atoms with E-state index in [2.05, 4.69) is 31.0 Å². The number of para-hydroxylation sites is 2. The minimum absolute atomic E-state index is 0.0351. The minimum Gasteiger partial charge on any atom is -0.381 e. The molecular formula is C27H26F4N7O+. The molecule has 1 saturated carbocycles. The van der Waals surface area contributed by atoms with Crippen molar-refractivity contribution in [2.45, 2.75) is 50.6 Å². The van der Waals surface area contributed by atoms with Gasteiger partial charge in [-0.3, -0.25) is 0 Å². The Morgan fingerprint density at radius 1 is 1.00 bits per heavy atom. The smallest absolute Gasteiger partial charge is 0.381 e. The lowest BCUT2D eigenvalue weighted by atomic mass is 9.88. The first-order valence-corrected chi connectivity index (χ1v) is 12.9. The highest BCUT2D eigenvalue weighted by Gasteiger charge is 2.38. The topological polar surface area (TPSA) is 72.8 Å². The molecule has 2 fully saturated rings. The van der Waals surface area contributed by atoms with Crippen LogP contribution in [0.3, 0.4) is 0 Å². The van der Waals surface area contributed by atoms with E-state index >= 15 is 0 Å². The van der Waals surface area contributed by atoms with E-state index in [0.717, 1.165) is 25.7 Å². The predicted molar refractivity (Wildman–Crippen MR) is 138 cm³/mol. The van der Waals surface area contributed by atoms with Crippen LogP contribution in [-0.2, 0) is 10.9 Å². The van der Waals surface area contributed by atoms with Gasteiger partial charge in [0.1, 0.15) is 23.4 Å². The van der Waals surface area contributed by atoms with Crippen molar-refractivity contribution >= 4 is 28.3 Å². The van der Waals surface area contributed by atoms with Gasteiger partial charge in [-0.05, 0) is 44.2 Å². The number of hydrogen-bond donors (Lipinski definition) is 0. The van der Waals surface area contributed by atoms with Crippen LogP contribution in [0.5, 0.6) is 0 Å². The summed E-state index contributed by atoms with van der Waals surface area (Å²) in [6.07, 6.45) is -1.58. The number of rotatable bonds is 3. The van der Waals surface area contributed by atoms with Crippen molar-refractivity contribution in [3.8, 4) is 17.5 Å². The molecule has 1 atom stereocenters. The van der Waals surface area contributed by atoms with Gasteiger partial charge in [0.25, 0.3) is 5.65 Å². The number of benzene rings is 1. The number of aromatic nitrogens is 5. The van der Waals surface area contributed by atoms with Crippen molar-refractivity contribution in [1.29, 1.82) is 0 Å². The van der Waals surface area contributed by atoms with Crippen LogP contribution in [0.1, 0.15) is 37.8 Å². The second-order valence-electron chi connectivity index (χ2n) is 9.96. The zero-order valence-corrected chi connectivity index (χ0v) is 21.2. The van der Waals surface area contributed by atoms with E-state index in [0.29, 0.717) is 30.1 Å². The Kier molecular flexibility index (Phi) is 6.54. The van der Waals surface area contributed by atoms with E-state index in [4.69, 9.17) is 4.74 Å². The molecule has 1 saturated heterocycles. The first-order valence-electron chi connectivity index (χ1n) is 12.9. The Hall–Kier alpha value is -3.85. The molecule has 12 heteroatoms. The first kappa shape index (κ1) is 25.4. The molecule has 0 unspecified atom stereocenters. The van der Waals surface area contributed by atoms with Crippen LogP contribution >= 0.6 is 0 Å². The molecule has 1 aliphatic heterocycles. The zero-order chi connectivity index (χ0) is 27.1. The molecule has 1 aromatic carbocycles. The quantitative estimate of drug-likeness (QED) is 0.294. The normalized spacial score (nSPS) is 21.9. The number of halogens is 4. The highest BCUT2D eigenvalue weighted by Crippen LogP contribution is 2.36. The Bertz CT molecular complexity index is 1580. The van der Waals surface area contributed by atoms with Gasteiger partial charge in [0.2, 0.25) is 0 Å². The van der Waals surface area contributed by atoms with E-state index in [1.807, 2.05) is 0 Å². The van der Waals surface area contributed by atoms with Crippen LogP contribution in [0.25, 0.3) is 32.9 Å². The number of fused-ring (bicyclic) bond motifs is 2. The fourth-order valence-electron chi connectivity index (χ4n) is 5.19. The average molecular weight is 541 g/mol. The van der Waals surface area contributed by atoms with Crippen LogP contribution < -0.4 is 4.90 Å². The van der Waals surface area contributed by atoms with Gasteiger partial charge >= 0.3 is 12.0 Å². The van der Waals surface area contributed by atoms with Gasteiger partial charge in [0.15, 0.2) is 11.8 Å². The summed E-state index contributed by atoms with van der Waals surface area (Å²) in [5.74, 6) is 0.946. The highest BCUT2D eigenvalue weighted by molar-refractivity contribution is 5.79. The summed E-state index contributed by atoms with van der Waals surface area (Å²) in [5, 5.41) is 4.44. The summed E-state index contributed by atoms with van der Waals surface area (Å²) < 4.78 is 62.9. The fraction of sp³-hybridized carbons (Fsp3) is 0.444. The van der Waals surface area contributed by atoms with Crippen molar-refractivity contribution in [1.82, 2.24) is 24.6 Å². The molecule has 8 nitrogen and oxygen atoms in total. The van der Waals surface area contributed by atoms with Crippen LogP contribution in [-0.4, -0.2) is 57.0 Å². The van der Waals surface area contributed by atoms with Crippen molar-refractivity contribution in [3.63, 3.8) is 0 Å². The minimum atomic E-state index is -4.75. The lowest BCUT2D eigenvalue weighted by molar-refractivity contribution is -0.140. The summed E-state index contributed by atoms with van der Waals surface area (Å²) in [6.45, 7) is 0.667. The number of ether oxygens (including phenoxy) is 1. The summed E-state index contributed by atoms with van der Waals surface area (Å²) in [7, 11) is 1.71. The number of hydrogen-bond acceptors (Lipinski definition) is 6. The fourth-order valence-corrected chi connectivity index (χ4v) is 5.19. The average Bonchev–Trinajstić information content (AvgIpc) is 3.57. The van der Waals surface area contributed by atoms with E-state index in [1.165, 1.54) is 16.6 Å². The SMILES string of the molecule is COC1CCC(C#[N+]c2cc(N3CC[C@@H](F)C3)nc3cc(-c4nc5ccccc5nc4C(F)(F)F)nn23)CC1. The Balaban J connectivity index is 1.47. The summed E-state index contributed by atoms with van der Waals surface area (Å²) in [6, 6.07) is 12.7. The lowest BCUT2D eigenvalue weighted by Crippen LogP contribution is -2.21. The van der Waals surface area contributed by atoms with Crippen molar-refractivity contribution < 1.29 is 22.3 Å². The van der Waals surface area contributed by atoms with E-state index in [1.54, 1.807) is 36.3 Å². The summed E-state index contributed by atoms with van der Waals surface area (Å²) >= 11 is 0. The molecule has 2 aliphatic rings. The molecule has 202 valence electrons. The van der Waals surface area contributed by atoms with Crippen LogP contribution in [0.2, 0.25) is 0 Å². The zero-order valence-electron chi connectivity index (χ0n) is 21.2. The molecule has 4 aromatic rings. The number of methoxy groups -OCH3 is 1. The van der Waals surface area contributed by atoms with Gasteiger partial charge < -0.3 is 9.64 Å². The number of alkyl halides is 4. The molecular weight excluding hydrogens is 514 g/mol. The van der Waals surface area contributed by atoms with Gasteiger partial charge in [-0.15, -0.1) is 0 Å². The van der Waals surface area contributed by atoms with Gasteiger partial charge in [0, 0.05) is 19.7 Å². The number of anilines is 1. The molecule has 0 N–H and O–H groups in total. The molecule has 0 amide bonds. The predicted octanol–water partition coefficient (Wildman–Crippen LogP) is 6.08. The van der Waals surface area contributed by atoms with Crippen molar-refractivity contribution in [2.75, 3.05) is 25.1 Å². The Morgan fingerprint density at radius 2 is 1.74 bits per heavy atom. The highest BCUT2D eigenvalue weighted by atomic mass is 19.4. The van der Waals surface area contributed by atoms with Crippen LogP contribution in [0, 0.1) is 12.0 Å². The molecule has 3 aromatic heterocycles. The van der Waals surface area contributed by atoms with Crippen LogP contribution in [0.15, 0.2) is 36.4 Å². The lowest BCUT2D eigenvalue weighted by Gasteiger charge is -2.22. The second kappa shape index (κ2) is 10.0. The number of nitrogens with zero attached hydrogens (tertiary/aromatic N) is 7. The summed E-state index contributed by atoms with van der Waals surface area (Å²) in [4.78, 5) is 19.1. The van der Waals surface area contributed by atoms with Gasteiger partial charge in [-0.2, -0.15) is 23.0 Å². The third-order valence-corrected chi connectivity index (χ3v) is 7.30. The largest absolute Gasteiger partial charge is 0.435 e. The van der Waals surface area contributed by atoms with E-state index < -0.39 is 23.7 Å². The third kappa shape index (κ3) is 5.11. The third-order valence-electron chi connectivity index (χ3n) is 7.30. The van der Waals surface area contributed by atoms with Gasteiger partial charge in [-0.1, -0.05) is 21.7 Å². The Labute approximate surface area is 221 Å². The van der Waals surface area contributed by atoms with Crippen molar-refractivity contribution in [2.24, 2.45) is 5.92 Å². The summed E-state index contributed by atoms with van der Waals surface area (Å²) in [5.41, 5.74) is -0.832. The van der Waals surface area contributed by atoms with Crippen LogP contribution in [0.4, 0.5) is 29.2 Å². The molecule has 4 heterocycles.